The predicted molar refractivity (Wildman–Crippen MR) is 111 cm³/mol. The molecule has 3 aromatic rings. The molecule has 1 aromatic carbocycles. The van der Waals surface area contributed by atoms with Crippen molar-refractivity contribution in [1.82, 2.24) is 14.9 Å². The highest BCUT2D eigenvalue weighted by atomic mass is 16.2. The molecule has 2 bridgehead atoms. The van der Waals surface area contributed by atoms with Gasteiger partial charge in [0.15, 0.2) is 0 Å². The van der Waals surface area contributed by atoms with Gasteiger partial charge in [-0.25, -0.2) is 4.98 Å². The van der Waals surface area contributed by atoms with E-state index >= 15 is 0 Å². The first-order chi connectivity index (χ1) is 14.1. The van der Waals surface area contributed by atoms with Crippen molar-refractivity contribution in [1.29, 1.82) is 0 Å². The fourth-order valence-electron chi connectivity index (χ4n) is 4.91. The minimum Gasteiger partial charge on any atom is -0.381 e. The fraction of sp³-hybridized carbons (Fsp3) is 0.318. The van der Waals surface area contributed by atoms with Crippen molar-refractivity contribution in [2.45, 2.75) is 43.8 Å². The van der Waals surface area contributed by atoms with Gasteiger partial charge in [-0.15, -0.1) is 0 Å². The molecule has 0 unspecified atom stereocenters. The van der Waals surface area contributed by atoms with Gasteiger partial charge in [0.2, 0.25) is 0 Å². The molecular formula is C22H23N5O2. The Balaban J connectivity index is 1.39. The summed E-state index contributed by atoms with van der Waals surface area (Å²) in [7, 11) is 0. The fourth-order valence-corrected chi connectivity index (χ4v) is 4.91. The molecule has 3 atom stereocenters. The number of aromatic amines is 1. The molecule has 0 spiro atoms. The predicted octanol–water partition coefficient (Wildman–Crippen LogP) is 2.91. The first kappa shape index (κ1) is 17.7. The average molecular weight is 389 g/mol. The second-order valence-corrected chi connectivity index (χ2v) is 7.93. The summed E-state index contributed by atoms with van der Waals surface area (Å²) >= 11 is 0. The molecule has 2 aliphatic rings. The van der Waals surface area contributed by atoms with Crippen LogP contribution in [0.15, 0.2) is 48.8 Å². The van der Waals surface area contributed by atoms with E-state index in [0.717, 1.165) is 48.0 Å². The molecule has 2 aliphatic heterocycles. The Hall–Kier alpha value is -3.35. The van der Waals surface area contributed by atoms with Gasteiger partial charge in [-0.05, 0) is 43.9 Å². The summed E-state index contributed by atoms with van der Waals surface area (Å²) < 4.78 is 0. The third-order valence-electron chi connectivity index (χ3n) is 6.19. The van der Waals surface area contributed by atoms with Gasteiger partial charge in [-0.3, -0.25) is 9.59 Å². The highest BCUT2D eigenvalue weighted by Gasteiger charge is 2.43. The molecule has 2 fully saturated rings. The number of rotatable bonds is 4. The Morgan fingerprint density at radius 3 is 2.52 bits per heavy atom. The Morgan fingerprint density at radius 2 is 1.83 bits per heavy atom. The van der Waals surface area contributed by atoms with Gasteiger partial charge >= 0.3 is 0 Å². The summed E-state index contributed by atoms with van der Waals surface area (Å²) in [6.45, 7) is 0. The maximum absolute atomic E-state index is 13.0. The van der Waals surface area contributed by atoms with Crippen molar-refractivity contribution >= 4 is 28.5 Å². The van der Waals surface area contributed by atoms with Crippen LogP contribution >= 0.6 is 0 Å². The molecule has 4 heterocycles. The lowest BCUT2D eigenvalue weighted by molar-refractivity contribution is 0.0583. The van der Waals surface area contributed by atoms with Gasteiger partial charge in [0.05, 0.1) is 11.3 Å². The third kappa shape index (κ3) is 3.03. The molecule has 29 heavy (non-hydrogen) atoms. The van der Waals surface area contributed by atoms with E-state index in [9.17, 15) is 9.59 Å². The van der Waals surface area contributed by atoms with Crippen LogP contribution in [0.25, 0.3) is 11.0 Å². The number of aromatic nitrogens is 2. The number of pyridine rings is 1. The summed E-state index contributed by atoms with van der Waals surface area (Å²) in [5.41, 5.74) is 8.18. The Morgan fingerprint density at radius 1 is 1.10 bits per heavy atom. The normalized spacial score (nSPS) is 23.3. The van der Waals surface area contributed by atoms with Crippen LogP contribution in [0.3, 0.4) is 0 Å². The van der Waals surface area contributed by atoms with Gasteiger partial charge in [-0.1, -0.05) is 18.2 Å². The number of primary amides is 1. The summed E-state index contributed by atoms with van der Waals surface area (Å²) in [6, 6.07) is 12.0. The minimum atomic E-state index is -0.497. The van der Waals surface area contributed by atoms with Crippen molar-refractivity contribution in [2.75, 3.05) is 5.32 Å². The second kappa shape index (κ2) is 6.92. The molecule has 7 heteroatoms. The number of amides is 2. The summed E-state index contributed by atoms with van der Waals surface area (Å²) in [6.07, 6.45) is 7.05. The molecule has 0 radical (unpaired) electrons. The Kier molecular flexibility index (Phi) is 4.23. The summed E-state index contributed by atoms with van der Waals surface area (Å²) in [5, 5.41) is 4.42. The van der Waals surface area contributed by atoms with Crippen LogP contribution < -0.4 is 11.1 Å². The molecule has 2 aromatic heterocycles. The number of nitrogens with one attached hydrogen (secondary N) is 2. The number of carbonyl (C=O) groups is 2. The van der Waals surface area contributed by atoms with Crippen LogP contribution in [0.4, 0.5) is 5.69 Å². The number of H-pyrrole nitrogens is 1. The van der Waals surface area contributed by atoms with Crippen LogP contribution in [0, 0.1) is 0 Å². The van der Waals surface area contributed by atoms with E-state index in [1.807, 2.05) is 36.4 Å². The Labute approximate surface area is 168 Å². The van der Waals surface area contributed by atoms with Crippen molar-refractivity contribution < 1.29 is 9.59 Å². The van der Waals surface area contributed by atoms with Crippen LogP contribution in [-0.2, 0) is 0 Å². The first-order valence-corrected chi connectivity index (χ1v) is 10.0. The molecule has 0 saturated carbocycles. The zero-order valence-corrected chi connectivity index (χ0v) is 16.0. The van der Waals surface area contributed by atoms with E-state index in [1.54, 1.807) is 6.20 Å². The Bertz CT molecular complexity index is 1060. The van der Waals surface area contributed by atoms with Crippen LogP contribution in [0.5, 0.6) is 0 Å². The third-order valence-corrected chi connectivity index (χ3v) is 6.19. The first-order valence-electron chi connectivity index (χ1n) is 10.0. The smallest absolute Gasteiger partial charge is 0.254 e. The molecule has 148 valence electrons. The highest BCUT2D eigenvalue weighted by Crippen LogP contribution is 2.39. The van der Waals surface area contributed by atoms with E-state index < -0.39 is 5.91 Å². The number of carbonyl (C=O) groups excluding carboxylic acids is 2. The van der Waals surface area contributed by atoms with Gasteiger partial charge in [0.1, 0.15) is 5.65 Å². The van der Waals surface area contributed by atoms with Gasteiger partial charge < -0.3 is 20.9 Å². The highest BCUT2D eigenvalue weighted by molar-refractivity contribution is 6.06. The van der Waals surface area contributed by atoms with Crippen molar-refractivity contribution in [3.63, 3.8) is 0 Å². The maximum Gasteiger partial charge on any atom is 0.254 e. The number of fused-ring (bicyclic) bond motifs is 3. The number of nitrogens with two attached hydrogens (primary N) is 1. The maximum atomic E-state index is 13.0. The molecule has 2 amide bonds. The molecular weight excluding hydrogens is 366 g/mol. The zero-order valence-electron chi connectivity index (χ0n) is 16.0. The van der Waals surface area contributed by atoms with Crippen molar-refractivity contribution in [3.05, 3.63) is 59.9 Å². The molecule has 7 nitrogen and oxygen atoms in total. The number of anilines is 1. The summed E-state index contributed by atoms with van der Waals surface area (Å²) in [5.74, 6) is -0.380. The summed E-state index contributed by atoms with van der Waals surface area (Å²) in [4.78, 5) is 34.4. The standard InChI is InChI=1S/C22H23N5O2/c23-20(28)18-12-25-21-17(8-9-24-21)19(18)26-14-10-15-6-7-16(11-14)27(15)22(29)13-4-2-1-3-5-13/h1-5,8-9,12,14-16H,6-7,10-11H2,(H2,23,28)(H2,24,25,26)/t14-,15+,16-. The molecule has 5 rings (SSSR count). The van der Waals surface area contributed by atoms with Gasteiger partial charge in [0, 0.05) is 41.5 Å². The molecule has 4 N–H and O–H groups in total. The topological polar surface area (TPSA) is 104 Å². The SMILES string of the molecule is NC(=O)c1cnc2[nH]ccc2c1N[C@H]1C[C@H]2CC[C@@H](C1)N2C(=O)c1ccccc1. The number of hydrogen-bond donors (Lipinski definition) is 3. The quantitative estimate of drug-likeness (QED) is 0.638. The van der Waals surface area contributed by atoms with Crippen LogP contribution in [0.1, 0.15) is 46.4 Å². The number of benzene rings is 1. The minimum absolute atomic E-state index is 0.117. The molecule has 0 aliphatic carbocycles. The number of hydrogen-bond acceptors (Lipinski definition) is 4. The van der Waals surface area contributed by atoms with Gasteiger partial charge in [0.25, 0.3) is 11.8 Å². The largest absolute Gasteiger partial charge is 0.381 e. The number of nitrogens with zero attached hydrogens (tertiary/aromatic N) is 2. The monoisotopic (exact) mass is 389 g/mol. The van der Waals surface area contributed by atoms with E-state index in [0.29, 0.717) is 5.56 Å². The van der Waals surface area contributed by atoms with E-state index in [2.05, 4.69) is 20.2 Å². The lowest BCUT2D eigenvalue weighted by Crippen LogP contribution is -2.49. The van der Waals surface area contributed by atoms with Crippen molar-refractivity contribution in [3.8, 4) is 0 Å². The van der Waals surface area contributed by atoms with E-state index in [-0.39, 0.29) is 24.0 Å². The van der Waals surface area contributed by atoms with Crippen LogP contribution in [0.2, 0.25) is 0 Å². The average Bonchev–Trinajstić information content (AvgIpc) is 3.31. The number of piperidine rings is 1. The lowest BCUT2D eigenvalue weighted by Gasteiger charge is -2.39. The van der Waals surface area contributed by atoms with Gasteiger partial charge in [-0.2, -0.15) is 0 Å². The zero-order chi connectivity index (χ0) is 20.0. The lowest BCUT2D eigenvalue weighted by atomic mass is 9.95. The van der Waals surface area contributed by atoms with Crippen LogP contribution in [-0.4, -0.2) is 44.8 Å². The van der Waals surface area contributed by atoms with E-state index in [4.69, 9.17) is 5.73 Å². The van der Waals surface area contributed by atoms with E-state index in [1.165, 1.54) is 6.20 Å². The molecule has 2 saturated heterocycles. The van der Waals surface area contributed by atoms with Crippen molar-refractivity contribution in [2.24, 2.45) is 5.73 Å². The second-order valence-electron chi connectivity index (χ2n) is 7.93.